The summed E-state index contributed by atoms with van der Waals surface area (Å²) in [5.74, 6) is 0. The van der Waals surface area contributed by atoms with Crippen molar-refractivity contribution in [2.45, 2.75) is 30.2 Å². The highest BCUT2D eigenvalue weighted by atomic mass is 32.2. The van der Waals surface area contributed by atoms with Gasteiger partial charge in [-0.05, 0) is 37.5 Å². The van der Waals surface area contributed by atoms with E-state index in [2.05, 4.69) is 4.90 Å². The summed E-state index contributed by atoms with van der Waals surface area (Å²) >= 11 is 0. The average molecular weight is 285 g/mol. The normalized spacial score (nSPS) is 20.5. The van der Waals surface area contributed by atoms with E-state index in [1.165, 1.54) is 6.07 Å². The van der Waals surface area contributed by atoms with Gasteiger partial charge in [-0.25, -0.2) is 13.6 Å². The Labute approximate surface area is 113 Å². The van der Waals surface area contributed by atoms with Crippen LogP contribution in [0.5, 0.6) is 0 Å². The molecule has 1 heterocycles. The van der Waals surface area contributed by atoms with Gasteiger partial charge in [0.1, 0.15) is 4.90 Å². The van der Waals surface area contributed by atoms with Gasteiger partial charge in [0.25, 0.3) is 0 Å². The standard InChI is InChI=1S/C12H19N3O3S/c13-11-7-9(4-5-12(11)19(14,17)18)15-6-2-1-3-10(15)8-16/h4-5,7,10,16H,1-3,6,8,13H2,(H2,14,17,18). The lowest BCUT2D eigenvalue weighted by molar-refractivity contribution is 0.240. The topological polar surface area (TPSA) is 110 Å². The van der Waals surface area contributed by atoms with Crippen LogP contribution in [0.2, 0.25) is 0 Å². The minimum Gasteiger partial charge on any atom is -0.398 e. The zero-order valence-electron chi connectivity index (χ0n) is 10.6. The number of rotatable bonds is 3. The predicted molar refractivity (Wildman–Crippen MR) is 74.3 cm³/mol. The van der Waals surface area contributed by atoms with Crippen LogP contribution in [0.3, 0.4) is 0 Å². The fraction of sp³-hybridized carbons (Fsp3) is 0.500. The number of primary sulfonamides is 1. The van der Waals surface area contributed by atoms with Gasteiger partial charge >= 0.3 is 0 Å². The molecule has 0 aliphatic carbocycles. The van der Waals surface area contributed by atoms with Crippen LogP contribution in [-0.2, 0) is 10.0 Å². The van der Waals surface area contributed by atoms with E-state index in [0.717, 1.165) is 31.5 Å². The van der Waals surface area contributed by atoms with E-state index >= 15 is 0 Å². The molecule has 0 aromatic heterocycles. The Bertz CT molecular complexity index is 559. The number of hydrogen-bond acceptors (Lipinski definition) is 5. The third kappa shape index (κ3) is 2.99. The van der Waals surface area contributed by atoms with E-state index in [-0.39, 0.29) is 23.2 Å². The Kier molecular flexibility index (Phi) is 3.98. The van der Waals surface area contributed by atoms with Crippen LogP contribution in [0.25, 0.3) is 0 Å². The van der Waals surface area contributed by atoms with Gasteiger partial charge in [0, 0.05) is 12.2 Å². The van der Waals surface area contributed by atoms with E-state index < -0.39 is 10.0 Å². The first kappa shape index (κ1) is 14.1. The molecule has 1 fully saturated rings. The smallest absolute Gasteiger partial charge is 0.240 e. The summed E-state index contributed by atoms with van der Waals surface area (Å²) in [5, 5.41) is 14.5. The number of aliphatic hydroxyl groups excluding tert-OH is 1. The summed E-state index contributed by atoms with van der Waals surface area (Å²) in [5.41, 5.74) is 6.72. The summed E-state index contributed by atoms with van der Waals surface area (Å²) < 4.78 is 22.6. The van der Waals surface area contributed by atoms with Gasteiger partial charge in [0.15, 0.2) is 0 Å². The van der Waals surface area contributed by atoms with Gasteiger partial charge in [-0.15, -0.1) is 0 Å². The molecule has 19 heavy (non-hydrogen) atoms. The lowest BCUT2D eigenvalue weighted by Gasteiger charge is -2.36. The molecule has 6 nitrogen and oxygen atoms in total. The van der Waals surface area contributed by atoms with E-state index in [4.69, 9.17) is 10.9 Å². The highest BCUT2D eigenvalue weighted by molar-refractivity contribution is 7.89. The van der Waals surface area contributed by atoms with E-state index in [9.17, 15) is 13.5 Å². The van der Waals surface area contributed by atoms with Crippen LogP contribution in [0, 0.1) is 0 Å². The van der Waals surface area contributed by atoms with Gasteiger partial charge in [-0.1, -0.05) is 0 Å². The number of sulfonamides is 1. The zero-order chi connectivity index (χ0) is 14.0. The second kappa shape index (κ2) is 5.36. The maximum Gasteiger partial charge on any atom is 0.240 e. The van der Waals surface area contributed by atoms with Crippen LogP contribution >= 0.6 is 0 Å². The van der Waals surface area contributed by atoms with Crippen molar-refractivity contribution in [1.29, 1.82) is 0 Å². The zero-order valence-corrected chi connectivity index (χ0v) is 11.4. The first-order chi connectivity index (χ1) is 8.93. The lowest BCUT2D eigenvalue weighted by atomic mass is 10.0. The molecule has 0 radical (unpaired) electrons. The van der Waals surface area contributed by atoms with Gasteiger partial charge in [-0.2, -0.15) is 0 Å². The molecule has 2 rings (SSSR count). The Morgan fingerprint density at radius 2 is 2.11 bits per heavy atom. The molecule has 5 N–H and O–H groups in total. The second-order valence-corrected chi connectivity index (χ2v) is 6.32. The summed E-state index contributed by atoms with van der Waals surface area (Å²) in [7, 11) is -3.79. The van der Waals surface area contributed by atoms with Crippen molar-refractivity contribution in [3.63, 3.8) is 0 Å². The Hall–Kier alpha value is -1.31. The van der Waals surface area contributed by atoms with Crippen molar-refractivity contribution in [1.82, 2.24) is 0 Å². The average Bonchev–Trinajstić information content (AvgIpc) is 2.37. The van der Waals surface area contributed by atoms with Gasteiger partial charge < -0.3 is 15.7 Å². The first-order valence-electron chi connectivity index (χ1n) is 6.23. The molecule has 1 aliphatic rings. The summed E-state index contributed by atoms with van der Waals surface area (Å²) in [6.07, 6.45) is 3.06. The summed E-state index contributed by atoms with van der Waals surface area (Å²) in [6.45, 7) is 0.913. The number of nitrogens with two attached hydrogens (primary N) is 2. The largest absolute Gasteiger partial charge is 0.398 e. The Morgan fingerprint density at radius 1 is 1.37 bits per heavy atom. The second-order valence-electron chi connectivity index (χ2n) is 4.79. The number of nitrogens with zero attached hydrogens (tertiary/aromatic N) is 1. The Balaban J connectivity index is 2.33. The van der Waals surface area contributed by atoms with Gasteiger partial charge in [-0.3, -0.25) is 0 Å². The van der Waals surface area contributed by atoms with Crippen LogP contribution in [0.15, 0.2) is 23.1 Å². The van der Waals surface area contributed by atoms with E-state index in [1.54, 1.807) is 12.1 Å². The number of piperidine rings is 1. The van der Waals surface area contributed by atoms with Gasteiger partial charge in [0.05, 0.1) is 18.3 Å². The van der Waals surface area contributed by atoms with Gasteiger partial charge in [0.2, 0.25) is 10.0 Å². The molecule has 0 bridgehead atoms. The van der Waals surface area contributed by atoms with E-state index in [1.807, 2.05) is 0 Å². The van der Waals surface area contributed by atoms with E-state index in [0.29, 0.717) is 0 Å². The highest BCUT2D eigenvalue weighted by Gasteiger charge is 2.23. The van der Waals surface area contributed by atoms with Crippen molar-refractivity contribution >= 4 is 21.4 Å². The van der Waals surface area contributed by atoms with Crippen LogP contribution in [-0.4, -0.2) is 32.7 Å². The Morgan fingerprint density at radius 3 is 2.68 bits per heavy atom. The number of benzene rings is 1. The molecule has 1 aromatic carbocycles. The monoisotopic (exact) mass is 285 g/mol. The molecule has 106 valence electrons. The van der Waals surface area contributed by atoms with Crippen molar-refractivity contribution in [3.05, 3.63) is 18.2 Å². The molecule has 1 saturated heterocycles. The van der Waals surface area contributed by atoms with Crippen molar-refractivity contribution in [2.75, 3.05) is 23.8 Å². The fourth-order valence-corrected chi connectivity index (χ4v) is 3.15. The lowest BCUT2D eigenvalue weighted by Crippen LogP contribution is -2.41. The summed E-state index contributed by atoms with van der Waals surface area (Å²) in [6, 6.07) is 4.77. The SMILES string of the molecule is Nc1cc(N2CCCCC2CO)ccc1S(N)(=O)=O. The third-order valence-electron chi connectivity index (χ3n) is 3.47. The number of hydrogen-bond donors (Lipinski definition) is 3. The molecule has 1 unspecified atom stereocenters. The number of nitrogen functional groups attached to an aromatic ring is 1. The van der Waals surface area contributed by atoms with Crippen molar-refractivity contribution < 1.29 is 13.5 Å². The van der Waals surface area contributed by atoms with Crippen LogP contribution < -0.4 is 15.8 Å². The maximum atomic E-state index is 11.3. The summed E-state index contributed by atoms with van der Waals surface area (Å²) in [4.78, 5) is 2.00. The quantitative estimate of drug-likeness (QED) is 0.690. The third-order valence-corrected chi connectivity index (χ3v) is 4.45. The molecule has 0 amide bonds. The fourth-order valence-electron chi connectivity index (χ4n) is 2.50. The molecule has 1 aliphatic heterocycles. The molecule has 7 heteroatoms. The molecular formula is C12H19N3O3S. The minimum atomic E-state index is -3.79. The molecule has 1 aromatic rings. The van der Waals surface area contributed by atoms with Crippen molar-refractivity contribution in [3.8, 4) is 0 Å². The molecular weight excluding hydrogens is 266 g/mol. The predicted octanol–water partition coefficient (Wildman–Crippen LogP) is 0.267. The van der Waals surface area contributed by atoms with Crippen molar-refractivity contribution in [2.24, 2.45) is 5.14 Å². The van der Waals surface area contributed by atoms with Crippen LogP contribution in [0.1, 0.15) is 19.3 Å². The molecule has 0 saturated carbocycles. The minimum absolute atomic E-state index is 0.0613. The molecule has 0 spiro atoms. The number of anilines is 2. The highest BCUT2D eigenvalue weighted by Crippen LogP contribution is 2.28. The molecule has 1 atom stereocenters. The first-order valence-corrected chi connectivity index (χ1v) is 7.78. The number of aliphatic hydroxyl groups is 1. The maximum absolute atomic E-state index is 11.3. The van der Waals surface area contributed by atoms with Crippen LogP contribution in [0.4, 0.5) is 11.4 Å².